The first-order chi connectivity index (χ1) is 6.91. The van der Waals surface area contributed by atoms with Gasteiger partial charge in [-0.2, -0.15) is 0 Å². The second kappa shape index (κ2) is 4.84. The highest BCUT2D eigenvalue weighted by Gasteiger charge is 2.33. The molecule has 88 valence electrons. The smallest absolute Gasteiger partial charge is 0.317 e. The Balaban J connectivity index is 2.50. The highest BCUT2D eigenvalue weighted by Crippen LogP contribution is 2.19. The Bertz CT molecular complexity index is 228. The predicted octanol–water partition coefficient (Wildman–Crippen LogP) is 0.986. The fraction of sp³-hybridized carbons (Fsp3) is 0.909. The molecule has 4 nitrogen and oxygen atoms in total. The number of likely N-dealkylation sites (N-methyl/N-ethyl adjacent to an activating group) is 1. The van der Waals surface area contributed by atoms with Gasteiger partial charge in [-0.05, 0) is 33.9 Å². The van der Waals surface area contributed by atoms with Crippen molar-refractivity contribution in [2.45, 2.75) is 32.9 Å². The van der Waals surface area contributed by atoms with Gasteiger partial charge in [0.25, 0.3) is 0 Å². The summed E-state index contributed by atoms with van der Waals surface area (Å²) in [5.74, 6) is 0.554. The fourth-order valence-corrected chi connectivity index (χ4v) is 2.13. The van der Waals surface area contributed by atoms with E-state index in [1.165, 1.54) is 0 Å². The Morgan fingerprint density at radius 2 is 2.00 bits per heavy atom. The number of urea groups is 1. The maximum Gasteiger partial charge on any atom is 0.317 e. The van der Waals surface area contributed by atoms with Crippen LogP contribution in [0.2, 0.25) is 0 Å². The normalized spacial score (nSPS) is 26.5. The third-order valence-corrected chi connectivity index (χ3v) is 2.94. The van der Waals surface area contributed by atoms with Crippen LogP contribution in [0.15, 0.2) is 0 Å². The van der Waals surface area contributed by atoms with Crippen LogP contribution in [0.1, 0.15) is 20.8 Å². The summed E-state index contributed by atoms with van der Waals surface area (Å²) in [6.07, 6.45) is 0. The molecular weight excluding hydrogens is 190 g/mol. The topological polar surface area (TPSA) is 35.6 Å². The van der Waals surface area contributed by atoms with E-state index < -0.39 is 0 Å². The Morgan fingerprint density at radius 3 is 2.40 bits per heavy atom. The van der Waals surface area contributed by atoms with Crippen LogP contribution in [0, 0.1) is 5.92 Å². The van der Waals surface area contributed by atoms with Gasteiger partial charge in [-0.3, -0.25) is 0 Å². The zero-order valence-electron chi connectivity index (χ0n) is 10.4. The van der Waals surface area contributed by atoms with Crippen molar-refractivity contribution in [2.75, 3.05) is 27.2 Å². The SMILES string of the molecule is CC(C)NC(=O)N1CC(C)C(N(C)C)C1. The quantitative estimate of drug-likeness (QED) is 0.742. The average molecular weight is 213 g/mol. The van der Waals surface area contributed by atoms with Crippen LogP contribution in [0.4, 0.5) is 4.79 Å². The fourth-order valence-electron chi connectivity index (χ4n) is 2.13. The van der Waals surface area contributed by atoms with E-state index in [9.17, 15) is 4.79 Å². The largest absolute Gasteiger partial charge is 0.336 e. The minimum absolute atomic E-state index is 0.0706. The minimum Gasteiger partial charge on any atom is -0.336 e. The second-order valence-corrected chi connectivity index (χ2v) is 5.02. The number of amides is 2. The van der Waals surface area contributed by atoms with Crippen LogP contribution in [-0.4, -0.2) is 55.1 Å². The van der Waals surface area contributed by atoms with E-state index >= 15 is 0 Å². The summed E-state index contributed by atoms with van der Waals surface area (Å²) in [5, 5.41) is 2.93. The van der Waals surface area contributed by atoms with Gasteiger partial charge in [0, 0.05) is 25.2 Å². The molecule has 1 rings (SSSR count). The average Bonchev–Trinajstić information content (AvgIpc) is 2.46. The molecule has 1 N–H and O–H groups in total. The molecule has 0 aromatic rings. The lowest BCUT2D eigenvalue weighted by molar-refractivity contribution is 0.201. The van der Waals surface area contributed by atoms with Gasteiger partial charge in [0.1, 0.15) is 0 Å². The lowest BCUT2D eigenvalue weighted by Crippen LogP contribution is -2.43. The molecule has 2 unspecified atom stereocenters. The third kappa shape index (κ3) is 3.09. The van der Waals surface area contributed by atoms with Crippen LogP contribution < -0.4 is 5.32 Å². The molecule has 1 fully saturated rings. The van der Waals surface area contributed by atoms with Crippen LogP contribution in [0.25, 0.3) is 0 Å². The van der Waals surface area contributed by atoms with Gasteiger partial charge in [0.15, 0.2) is 0 Å². The van der Waals surface area contributed by atoms with Crippen molar-refractivity contribution < 1.29 is 4.79 Å². The summed E-state index contributed by atoms with van der Waals surface area (Å²) < 4.78 is 0. The van der Waals surface area contributed by atoms with Gasteiger partial charge in [-0.15, -0.1) is 0 Å². The molecule has 0 spiro atoms. The molecule has 4 heteroatoms. The van der Waals surface area contributed by atoms with Crippen molar-refractivity contribution in [1.29, 1.82) is 0 Å². The van der Waals surface area contributed by atoms with Crippen molar-refractivity contribution in [3.63, 3.8) is 0 Å². The molecular formula is C11H23N3O. The number of rotatable bonds is 2. The third-order valence-electron chi connectivity index (χ3n) is 2.94. The predicted molar refractivity (Wildman–Crippen MR) is 61.9 cm³/mol. The lowest BCUT2D eigenvalue weighted by Gasteiger charge is -2.22. The maximum atomic E-state index is 11.8. The number of nitrogens with zero attached hydrogens (tertiary/aromatic N) is 2. The van der Waals surface area contributed by atoms with E-state index in [-0.39, 0.29) is 12.1 Å². The Hall–Kier alpha value is -0.770. The van der Waals surface area contributed by atoms with Crippen molar-refractivity contribution in [1.82, 2.24) is 15.1 Å². The van der Waals surface area contributed by atoms with E-state index in [0.29, 0.717) is 12.0 Å². The van der Waals surface area contributed by atoms with Gasteiger partial charge < -0.3 is 15.1 Å². The summed E-state index contributed by atoms with van der Waals surface area (Å²) in [6.45, 7) is 7.88. The van der Waals surface area contributed by atoms with Crippen molar-refractivity contribution in [3.05, 3.63) is 0 Å². The molecule has 0 radical (unpaired) electrons. The Labute approximate surface area is 92.6 Å². The number of hydrogen-bond donors (Lipinski definition) is 1. The number of hydrogen-bond acceptors (Lipinski definition) is 2. The molecule has 1 aliphatic heterocycles. The molecule has 0 bridgehead atoms. The lowest BCUT2D eigenvalue weighted by atomic mass is 10.1. The van der Waals surface area contributed by atoms with Crippen molar-refractivity contribution in [3.8, 4) is 0 Å². The minimum atomic E-state index is 0.0706. The van der Waals surface area contributed by atoms with E-state index in [2.05, 4.69) is 31.2 Å². The molecule has 0 saturated carbocycles. The molecule has 15 heavy (non-hydrogen) atoms. The number of carbonyl (C=O) groups is 1. The standard InChI is InChI=1S/C11H23N3O/c1-8(2)12-11(15)14-6-9(3)10(7-14)13(4)5/h8-10H,6-7H2,1-5H3,(H,12,15). The summed E-state index contributed by atoms with van der Waals surface area (Å²) in [6, 6.07) is 0.773. The summed E-state index contributed by atoms with van der Waals surface area (Å²) in [7, 11) is 4.15. The van der Waals surface area contributed by atoms with Gasteiger partial charge >= 0.3 is 6.03 Å². The maximum absolute atomic E-state index is 11.8. The number of likely N-dealkylation sites (tertiary alicyclic amines) is 1. The zero-order valence-corrected chi connectivity index (χ0v) is 10.4. The van der Waals surface area contributed by atoms with Gasteiger partial charge in [0.05, 0.1) is 0 Å². The highest BCUT2D eigenvalue weighted by molar-refractivity contribution is 5.74. The first-order valence-corrected chi connectivity index (χ1v) is 5.63. The molecule has 0 aromatic carbocycles. The summed E-state index contributed by atoms with van der Waals surface area (Å²) in [4.78, 5) is 15.9. The molecule has 1 saturated heterocycles. The highest BCUT2D eigenvalue weighted by atomic mass is 16.2. The van der Waals surface area contributed by atoms with Gasteiger partial charge in [0.2, 0.25) is 0 Å². The zero-order chi connectivity index (χ0) is 11.6. The Kier molecular flexibility index (Phi) is 3.97. The molecule has 0 aromatic heterocycles. The monoisotopic (exact) mass is 213 g/mol. The number of nitrogens with one attached hydrogen (secondary N) is 1. The molecule has 0 aliphatic carbocycles. The molecule has 2 amide bonds. The van der Waals surface area contributed by atoms with Gasteiger partial charge in [-0.1, -0.05) is 6.92 Å². The van der Waals surface area contributed by atoms with Crippen molar-refractivity contribution in [2.24, 2.45) is 5.92 Å². The van der Waals surface area contributed by atoms with Crippen LogP contribution in [0.3, 0.4) is 0 Å². The summed E-state index contributed by atoms with van der Waals surface area (Å²) in [5.41, 5.74) is 0. The van der Waals surface area contributed by atoms with E-state index in [1.54, 1.807) is 0 Å². The van der Waals surface area contributed by atoms with E-state index in [1.807, 2.05) is 18.7 Å². The van der Waals surface area contributed by atoms with Crippen molar-refractivity contribution >= 4 is 6.03 Å². The van der Waals surface area contributed by atoms with Crippen LogP contribution >= 0.6 is 0 Å². The molecule has 1 aliphatic rings. The van der Waals surface area contributed by atoms with Crippen LogP contribution in [-0.2, 0) is 0 Å². The number of carbonyl (C=O) groups excluding carboxylic acids is 1. The molecule has 1 heterocycles. The molecule has 2 atom stereocenters. The van der Waals surface area contributed by atoms with Crippen LogP contribution in [0.5, 0.6) is 0 Å². The first kappa shape index (κ1) is 12.3. The second-order valence-electron chi connectivity index (χ2n) is 5.02. The van der Waals surface area contributed by atoms with Gasteiger partial charge in [-0.25, -0.2) is 4.79 Å². The summed E-state index contributed by atoms with van der Waals surface area (Å²) >= 11 is 0. The van der Waals surface area contributed by atoms with E-state index in [0.717, 1.165) is 13.1 Å². The Morgan fingerprint density at radius 1 is 1.40 bits per heavy atom. The van der Waals surface area contributed by atoms with E-state index in [4.69, 9.17) is 0 Å². The first-order valence-electron chi connectivity index (χ1n) is 5.63.